The number of ether oxygens (including phenoxy) is 1. The van der Waals surface area contributed by atoms with E-state index in [2.05, 4.69) is 16.0 Å². The molecule has 1 rings (SSSR count). The van der Waals surface area contributed by atoms with Gasteiger partial charge in [0.2, 0.25) is 0 Å². The lowest BCUT2D eigenvalue weighted by molar-refractivity contribution is 0.161. The minimum atomic E-state index is -0.484. The average molecular weight is 127 g/mol. The van der Waals surface area contributed by atoms with Crippen LogP contribution < -0.4 is 5.32 Å². The van der Waals surface area contributed by atoms with Gasteiger partial charge in [0.05, 0.1) is 6.54 Å². The van der Waals surface area contributed by atoms with E-state index in [1.165, 1.54) is 0 Å². The first-order chi connectivity index (χ1) is 4.33. The van der Waals surface area contributed by atoms with E-state index >= 15 is 0 Å². The van der Waals surface area contributed by atoms with Gasteiger partial charge in [-0.15, -0.1) is 0 Å². The maximum atomic E-state index is 10.2. The summed E-state index contributed by atoms with van der Waals surface area (Å²) in [7, 11) is 0. The fraction of sp³-hybridized carbons (Fsp3) is 0.400. The highest BCUT2D eigenvalue weighted by atomic mass is 16.6. The zero-order chi connectivity index (χ0) is 6.69. The summed E-state index contributed by atoms with van der Waals surface area (Å²) in [6.45, 7) is 0.354. The molecule has 4 heteroatoms. The second-order valence-corrected chi connectivity index (χ2v) is 1.53. The van der Waals surface area contributed by atoms with Crippen LogP contribution in [0.5, 0.6) is 0 Å². The smallest absolute Gasteiger partial charge is 0.408 e. The molecule has 0 unspecified atom stereocenters. The van der Waals surface area contributed by atoms with Crippen molar-refractivity contribution in [2.24, 2.45) is 0 Å². The van der Waals surface area contributed by atoms with Crippen molar-refractivity contribution in [2.45, 2.75) is 6.10 Å². The van der Waals surface area contributed by atoms with Gasteiger partial charge in [-0.25, -0.2) is 4.79 Å². The van der Waals surface area contributed by atoms with E-state index in [1.54, 1.807) is 6.11 Å². The Hall–Kier alpha value is -1.37. The van der Waals surface area contributed by atoms with Gasteiger partial charge in [0.1, 0.15) is 6.11 Å². The second kappa shape index (κ2) is 2.27. The molecule has 0 bridgehead atoms. The molecule has 0 aliphatic carbocycles. The molecule has 2 N–H and O–H groups in total. The highest BCUT2D eigenvalue weighted by Crippen LogP contribution is 1.96. The van der Waals surface area contributed by atoms with E-state index in [0.717, 1.165) is 0 Å². The van der Waals surface area contributed by atoms with Gasteiger partial charge < -0.3 is 15.2 Å². The molecule has 48 valence electrons. The molecule has 9 heavy (non-hydrogen) atoms. The molecule has 1 atom stereocenters. The number of aliphatic hydroxyl groups is 1. The summed E-state index contributed by atoms with van der Waals surface area (Å²) in [4.78, 5) is 10.2. The molecule has 1 aliphatic heterocycles. The molecule has 1 saturated heterocycles. The van der Waals surface area contributed by atoms with Crippen LogP contribution in [0.4, 0.5) is 4.79 Å². The number of hydrogen-bond donors (Lipinski definition) is 2. The Balaban J connectivity index is 2.45. The molecule has 0 saturated carbocycles. The molecule has 0 radical (unpaired) electrons. The molecule has 0 aromatic carbocycles. The highest BCUT2D eigenvalue weighted by Gasteiger charge is 2.19. The van der Waals surface area contributed by atoms with Crippen LogP contribution in [0.25, 0.3) is 0 Å². The van der Waals surface area contributed by atoms with Crippen LogP contribution in [0.15, 0.2) is 0 Å². The minimum absolute atomic E-state index is 0.354. The zero-order valence-electron chi connectivity index (χ0n) is 4.55. The van der Waals surface area contributed by atoms with Gasteiger partial charge in [-0.2, -0.15) is 0 Å². The quantitative estimate of drug-likeness (QED) is 0.428. The summed E-state index contributed by atoms with van der Waals surface area (Å²) in [5.74, 6) is 2.27. The number of alkyl carbamates (subject to hydrolysis) is 1. The lowest BCUT2D eigenvalue weighted by atomic mass is 10.4. The summed E-state index contributed by atoms with van der Waals surface area (Å²) in [5, 5.41) is 10.4. The van der Waals surface area contributed by atoms with Crippen LogP contribution in [0, 0.1) is 12.0 Å². The largest absolute Gasteiger partial charge is 0.462 e. The summed E-state index contributed by atoms with van der Waals surface area (Å²) in [6.07, 6.45) is 0.696. The van der Waals surface area contributed by atoms with Crippen LogP contribution in [0.3, 0.4) is 0 Å². The zero-order valence-corrected chi connectivity index (χ0v) is 4.55. The highest BCUT2D eigenvalue weighted by molar-refractivity contribution is 5.69. The molecule has 4 nitrogen and oxygen atoms in total. The van der Waals surface area contributed by atoms with Crippen LogP contribution >= 0.6 is 0 Å². The second-order valence-electron chi connectivity index (χ2n) is 1.53. The van der Waals surface area contributed by atoms with Gasteiger partial charge >= 0.3 is 6.09 Å². The van der Waals surface area contributed by atoms with Crippen molar-refractivity contribution in [3.63, 3.8) is 0 Å². The summed E-state index contributed by atoms with van der Waals surface area (Å²) in [6, 6.07) is 0. The molecule has 1 amide bonds. The molecule has 0 spiro atoms. The van der Waals surface area contributed by atoms with Crippen molar-refractivity contribution in [1.29, 1.82) is 0 Å². The molecular formula is C5H5NO3. The average Bonchev–Trinajstić information content (AvgIpc) is 2.17. The normalized spacial score (nSPS) is 23.6. The Morgan fingerprint density at radius 1 is 1.89 bits per heavy atom. The van der Waals surface area contributed by atoms with Crippen LogP contribution in [-0.2, 0) is 4.74 Å². The Morgan fingerprint density at radius 3 is 3.11 bits per heavy atom. The van der Waals surface area contributed by atoms with Gasteiger partial charge in [0, 0.05) is 0 Å². The molecular weight excluding hydrogens is 122 g/mol. The maximum Gasteiger partial charge on any atom is 0.408 e. The van der Waals surface area contributed by atoms with Crippen molar-refractivity contribution < 1.29 is 14.6 Å². The first kappa shape index (κ1) is 5.76. The molecule has 0 aromatic heterocycles. The predicted octanol–water partition coefficient (Wildman–Crippen LogP) is -0.572. The van der Waals surface area contributed by atoms with Gasteiger partial charge in [0.25, 0.3) is 0 Å². The number of aliphatic hydroxyl groups excluding tert-OH is 1. The van der Waals surface area contributed by atoms with Crippen LogP contribution in [0.1, 0.15) is 0 Å². The maximum absolute atomic E-state index is 10.2. The van der Waals surface area contributed by atoms with Crippen molar-refractivity contribution in [3.8, 4) is 12.0 Å². The summed E-state index contributed by atoms with van der Waals surface area (Å²) < 4.78 is 4.52. The van der Waals surface area contributed by atoms with E-state index in [1.807, 2.05) is 0 Å². The number of rotatable bonds is 0. The van der Waals surface area contributed by atoms with Crippen molar-refractivity contribution in [1.82, 2.24) is 5.32 Å². The molecule has 1 aliphatic rings. The molecule has 1 fully saturated rings. The summed E-state index contributed by atoms with van der Waals surface area (Å²) in [5.41, 5.74) is 0. The van der Waals surface area contributed by atoms with Gasteiger partial charge in [-0.05, 0) is 5.92 Å². The van der Waals surface area contributed by atoms with Gasteiger partial charge in [-0.3, -0.25) is 0 Å². The molecule has 0 aromatic rings. The Kier molecular flexibility index (Phi) is 1.45. The lowest BCUT2D eigenvalue weighted by Gasteiger charge is -1.92. The van der Waals surface area contributed by atoms with Crippen LogP contribution in [-0.4, -0.2) is 23.8 Å². The van der Waals surface area contributed by atoms with E-state index < -0.39 is 12.2 Å². The van der Waals surface area contributed by atoms with Crippen LogP contribution in [0.2, 0.25) is 0 Å². The van der Waals surface area contributed by atoms with Crippen molar-refractivity contribution in [3.05, 3.63) is 0 Å². The van der Waals surface area contributed by atoms with E-state index in [0.29, 0.717) is 6.54 Å². The number of amides is 1. The van der Waals surface area contributed by atoms with Crippen molar-refractivity contribution >= 4 is 6.09 Å². The fourth-order valence-electron chi connectivity index (χ4n) is 0.541. The Morgan fingerprint density at radius 2 is 2.67 bits per heavy atom. The first-order valence-corrected chi connectivity index (χ1v) is 2.42. The third-order valence-corrected chi connectivity index (χ3v) is 0.907. The lowest BCUT2D eigenvalue weighted by Crippen LogP contribution is -2.13. The number of carbonyl (C=O) groups is 1. The number of carbonyl (C=O) groups excluding carboxylic acids is 1. The number of hydrogen-bond acceptors (Lipinski definition) is 3. The van der Waals surface area contributed by atoms with E-state index in [9.17, 15) is 4.79 Å². The third-order valence-electron chi connectivity index (χ3n) is 0.907. The predicted molar refractivity (Wildman–Crippen MR) is 28.0 cm³/mol. The monoisotopic (exact) mass is 127 g/mol. The Labute approximate surface area is 51.8 Å². The van der Waals surface area contributed by atoms with Gasteiger partial charge in [-0.1, -0.05) is 0 Å². The minimum Gasteiger partial charge on any atom is -0.462 e. The number of nitrogens with one attached hydrogen (secondary N) is 1. The topological polar surface area (TPSA) is 58.6 Å². The summed E-state index contributed by atoms with van der Waals surface area (Å²) >= 11 is 0. The van der Waals surface area contributed by atoms with E-state index in [-0.39, 0.29) is 0 Å². The van der Waals surface area contributed by atoms with Gasteiger partial charge in [0.15, 0.2) is 6.10 Å². The standard InChI is InChI=1S/C5H5NO3/c7-2-1-4-3-6-5(8)9-4/h4,7H,3H2,(H,6,8)/t4-/m1/s1. The fourth-order valence-corrected chi connectivity index (χ4v) is 0.541. The number of cyclic esters (lactones) is 1. The first-order valence-electron chi connectivity index (χ1n) is 2.42. The Bertz CT molecular complexity index is 178. The molecule has 1 heterocycles. The third kappa shape index (κ3) is 1.26. The van der Waals surface area contributed by atoms with Crippen molar-refractivity contribution in [2.75, 3.05) is 6.54 Å². The SMILES string of the molecule is O=C1NC[C@@H](C#CO)O1. The van der Waals surface area contributed by atoms with E-state index in [4.69, 9.17) is 5.11 Å².